The molecule has 0 aliphatic heterocycles. The van der Waals surface area contributed by atoms with Crippen LogP contribution in [0.1, 0.15) is 76.2 Å². The van der Waals surface area contributed by atoms with Crippen molar-refractivity contribution in [1.29, 1.82) is 0 Å². The molecule has 6 N–H and O–H groups in total. The normalized spacial score (nSPS) is 16.9. The standard InChI is InChI=1S/C25H40N4O4/c1-18(20-12-6-3-7-13-20)17-27-23(30)22(16-19-10-4-2-5-11-19)29-25(33)28-21(24(31)32)14-8-9-15-26/h3,6-7,12-13,18-19,21-22H,2,4-5,8-11,14-17,26H2,1H3,(H,27,30)(H,31,32)(H2,28,29,33). The maximum absolute atomic E-state index is 13.0. The molecule has 3 unspecified atom stereocenters. The summed E-state index contributed by atoms with van der Waals surface area (Å²) in [4.78, 5) is 37.2. The predicted octanol–water partition coefficient (Wildman–Crippen LogP) is 3.13. The number of nitrogens with two attached hydrogens (primary N) is 1. The first-order valence-corrected chi connectivity index (χ1v) is 12.2. The smallest absolute Gasteiger partial charge is 0.326 e. The van der Waals surface area contributed by atoms with E-state index in [-0.39, 0.29) is 11.8 Å². The molecule has 33 heavy (non-hydrogen) atoms. The van der Waals surface area contributed by atoms with E-state index in [2.05, 4.69) is 16.0 Å². The summed E-state index contributed by atoms with van der Waals surface area (Å²) in [7, 11) is 0. The Morgan fingerprint density at radius 3 is 2.33 bits per heavy atom. The van der Waals surface area contributed by atoms with Crippen LogP contribution in [0, 0.1) is 5.92 Å². The van der Waals surface area contributed by atoms with Crippen molar-refractivity contribution in [3.8, 4) is 0 Å². The van der Waals surface area contributed by atoms with Crippen LogP contribution in [0.2, 0.25) is 0 Å². The lowest BCUT2D eigenvalue weighted by Crippen LogP contribution is -2.54. The summed E-state index contributed by atoms with van der Waals surface area (Å²) >= 11 is 0. The third-order valence-corrected chi connectivity index (χ3v) is 6.42. The molecular weight excluding hydrogens is 420 g/mol. The van der Waals surface area contributed by atoms with Gasteiger partial charge in [-0.15, -0.1) is 0 Å². The van der Waals surface area contributed by atoms with Crippen molar-refractivity contribution in [2.24, 2.45) is 11.7 Å². The minimum atomic E-state index is -1.09. The van der Waals surface area contributed by atoms with Crippen LogP contribution in [0.15, 0.2) is 30.3 Å². The number of carboxylic acid groups (broad SMARTS) is 1. The Balaban J connectivity index is 1.97. The van der Waals surface area contributed by atoms with E-state index in [1.54, 1.807) is 0 Å². The fourth-order valence-corrected chi connectivity index (χ4v) is 4.37. The Labute approximate surface area is 197 Å². The highest BCUT2D eigenvalue weighted by atomic mass is 16.4. The molecule has 1 aromatic rings. The third kappa shape index (κ3) is 9.82. The number of carbonyl (C=O) groups is 3. The zero-order valence-corrected chi connectivity index (χ0v) is 19.7. The first kappa shape index (κ1) is 26.6. The van der Waals surface area contributed by atoms with E-state index in [4.69, 9.17) is 5.73 Å². The summed E-state index contributed by atoms with van der Waals surface area (Å²) in [5.41, 5.74) is 6.61. The Morgan fingerprint density at radius 2 is 1.70 bits per heavy atom. The molecule has 0 aromatic heterocycles. The van der Waals surface area contributed by atoms with Crippen molar-refractivity contribution in [3.05, 3.63) is 35.9 Å². The summed E-state index contributed by atoms with van der Waals surface area (Å²) in [6.45, 7) is 2.98. The molecule has 1 aliphatic carbocycles. The van der Waals surface area contributed by atoms with Gasteiger partial charge in [0.15, 0.2) is 0 Å². The largest absolute Gasteiger partial charge is 0.480 e. The maximum atomic E-state index is 13.0. The predicted molar refractivity (Wildman–Crippen MR) is 129 cm³/mol. The molecule has 0 saturated heterocycles. The number of nitrogens with one attached hydrogen (secondary N) is 3. The van der Waals surface area contributed by atoms with Gasteiger partial charge in [-0.3, -0.25) is 4.79 Å². The average Bonchev–Trinajstić information content (AvgIpc) is 2.82. The summed E-state index contributed by atoms with van der Waals surface area (Å²) in [6.07, 6.45) is 7.74. The number of benzene rings is 1. The van der Waals surface area contributed by atoms with Crippen LogP contribution in [0.4, 0.5) is 4.79 Å². The van der Waals surface area contributed by atoms with Gasteiger partial charge in [-0.25, -0.2) is 9.59 Å². The lowest BCUT2D eigenvalue weighted by atomic mass is 9.84. The van der Waals surface area contributed by atoms with Crippen LogP contribution < -0.4 is 21.7 Å². The van der Waals surface area contributed by atoms with Crippen LogP contribution >= 0.6 is 0 Å². The van der Waals surface area contributed by atoms with E-state index >= 15 is 0 Å². The zero-order valence-electron chi connectivity index (χ0n) is 19.7. The topological polar surface area (TPSA) is 134 Å². The highest BCUT2D eigenvalue weighted by molar-refractivity contribution is 5.88. The van der Waals surface area contributed by atoms with Crippen LogP contribution in [0.25, 0.3) is 0 Å². The van der Waals surface area contributed by atoms with Gasteiger partial charge in [0.1, 0.15) is 12.1 Å². The fraction of sp³-hybridized carbons (Fsp3) is 0.640. The molecule has 3 amide bonds. The molecule has 1 aromatic carbocycles. The van der Waals surface area contributed by atoms with Crippen molar-refractivity contribution in [3.63, 3.8) is 0 Å². The molecule has 0 heterocycles. The molecule has 3 atom stereocenters. The van der Waals surface area contributed by atoms with Gasteiger partial charge in [-0.2, -0.15) is 0 Å². The number of carbonyl (C=O) groups excluding carboxylic acids is 2. The van der Waals surface area contributed by atoms with Crippen molar-refractivity contribution in [1.82, 2.24) is 16.0 Å². The van der Waals surface area contributed by atoms with Crippen LogP contribution in [0.3, 0.4) is 0 Å². The average molecular weight is 461 g/mol. The highest BCUT2D eigenvalue weighted by Crippen LogP contribution is 2.27. The van der Waals surface area contributed by atoms with Crippen molar-refractivity contribution in [2.75, 3.05) is 13.1 Å². The number of amides is 3. The second-order valence-corrected chi connectivity index (χ2v) is 9.14. The Bertz CT molecular complexity index is 737. The van der Waals surface area contributed by atoms with Gasteiger partial charge in [0.05, 0.1) is 0 Å². The molecule has 8 heteroatoms. The zero-order chi connectivity index (χ0) is 24.1. The van der Waals surface area contributed by atoms with Crippen LogP contribution in [-0.2, 0) is 9.59 Å². The number of rotatable bonds is 13. The number of hydrogen-bond acceptors (Lipinski definition) is 4. The molecule has 0 radical (unpaired) electrons. The van der Waals surface area contributed by atoms with Gasteiger partial charge in [-0.05, 0) is 49.6 Å². The Morgan fingerprint density at radius 1 is 1.03 bits per heavy atom. The molecule has 184 valence electrons. The molecule has 2 rings (SSSR count). The fourth-order valence-electron chi connectivity index (χ4n) is 4.37. The van der Waals surface area contributed by atoms with Crippen LogP contribution in [-0.4, -0.2) is 48.2 Å². The number of carboxylic acids is 1. The lowest BCUT2D eigenvalue weighted by Gasteiger charge is -2.27. The van der Waals surface area contributed by atoms with E-state index in [1.807, 2.05) is 37.3 Å². The van der Waals surface area contributed by atoms with Gasteiger partial charge >= 0.3 is 12.0 Å². The number of urea groups is 1. The van der Waals surface area contributed by atoms with E-state index in [0.717, 1.165) is 31.2 Å². The molecule has 8 nitrogen and oxygen atoms in total. The van der Waals surface area contributed by atoms with Crippen molar-refractivity contribution >= 4 is 17.9 Å². The first-order valence-electron chi connectivity index (χ1n) is 12.2. The van der Waals surface area contributed by atoms with Gasteiger partial charge in [0.25, 0.3) is 0 Å². The van der Waals surface area contributed by atoms with Crippen molar-refractivity contribution in [2.45, 2.75) is 82.7 Å². The minimum Gasteiger partial charge on any atom is -0.480 e. The third-order valence-electron chi connectivity index (χ3n) is 6.42. The summed E-state index contributed by atoms with van der Waals surface area (Å²) in [5.74, 6) is -0.805. The molecule has 1 aliphatic rings. The molecular formula is C25H40N4O4. The summed E-state index contributed by atoms with van der Waals surface area (Å²) < 4.78 is 0. The van der Waals surface area contributed by atoms with Gasteiger partial charge in [0, 0.05) is 6.54 Å². The van der Waals surface area contributed by atoms with Crippen LogP contribution in [0.5, 0.6) is 0 Å². The minimum absolute atomic E-state index is 0.137. The second kappa shape index (κ2) is 14.5. The SMILES string of the molecule is CC(CNC(=O)C(CC1CCCCC1)NC(=O)NC(CCCCN)C(=O)O)c1ccccc1. The second-order valence-electron chi connectivity index (χ2n) is 9.14. The Hall–Kier alpha value is -2.61. The van der Waals surface area contributed by atoms with E-state index in [1.165, 1.54) is 6.42 Å². The maximum Gasteiger partial charge on any atom is 0.326 e. The summed E-state index contributed by atoms with van der Waals surface area (Å²) in [6, 6.07) is 7.62. The number of aliphatic carboxylic acids is 1. The number of unbranched alkanes of at least 4 members (excludes halogenated alkanes) is 1. The van der Waals surface area contributed by atoms with Gasteiger partial charge in [-0.1, -0.05) is 69.4 Å². The van der Waals surface area contributed by atoms with E-state index in [0.29, 0.717) is 44.7 Å². The Kier molecular flexibility index (Phi) is 11.7. The molecule has 1 saturated carbocycles. The highest BCUT2D eigenvalue weighted by Gasteiger charge is 2.28. The molecule has 1 fully saturated rings. The van der Waals surface area contributed by atoms with Crippen molar-refractivity contribution < 1.29 is 19.5 Å². The monoisotopic (exact) mass is 460 g/mol. The summed E-state index contributed by atoms with van der Waals surface area (Å²) in [5, 5.41) is 17.7. The first-order chi connectivity index (χ1) is 15.9. The van der Waals surface area contributed by atoms with E-state index in [9.17, 15) is 19.5 Å². The quantitative estimate of drug-likeness (QED) is 0.288. The van der Waals surface area contributed by atoms with E-state index < -0.39 is 24.1 Å². The van der Waals surface area contributed by atoms with Gasteiger partial charge in [0.2, 0.25) is 5.91 Å². The molecule has 0 bridgehead atoms. The molecule has 0 spiro atoms. The van der Waals surface area contributed by atoms with Gasteiger partial charge < -0.3 is 26.8 Å². The lowest BCUT2D eigenvalue weighted by molar-refractivity contribution is -0.139. The number of hydrogen-bond donors (Lipinski definition) is 5.